The lowest BCUT2D eigenvalue weighted by molar-refractivity contribution is 0.0952. The highest BCUT2D eigenvalue weighted by molar-refractivity contribution is 4.84. The molecule has 0 aromatic carbocycles. The normalized spacial score (nSPS) is 12.6. The largest absolute Gasteiger partial charge is 0.498 e. The van der Waals surface area contributed by atoms with Crippen LogP contribution in [0.2, 0.25) is 0 Å². The molecule has 0 aromatic heterocycles. The minimum absolute atomic E-state index is 0.208. The highest BCUT2D eigenvalue weighted by Crippen LogP contribution is 2.06. The van der Waals surface area contributed by atoms with Crippen LogP contribution in [0.4, 0.5) is 0 Å². The Morgan fingerprint density at radius 1 is 1.55 bits per heavy atom. The van der Waals surface area contributed by atoms with Gasteiger partial charge in [-0.2, -0.15) is 0 Å². The molecule has 2 heteroatoms. The molecule has 0 aliphatic carbocycles. The predicted molar refractivity (Wildman–Crippen MR) is 46.5 cm³/mol. The van der Waals surface area contributed by atoms with E-state index in [0.29, 0.717) is 0 Å². The molecule has 0 bridgehead atoms. The molecular formula is C9H18O2. The molecule has 0 aliphatic heterocycles. The molecule has 11 heavy (non-hydrogen) atoms. The zero-order chi connectivity index (χ0) is 8.69. The fourth-order valence-electron chi connectivity index (χ4n) is 0.709. The molecule has 2 nitrogen and oxygen atoms in total. The Bertz CT molecular complexity index is 110. The summed E-state index contributed by atoms with van der Waals surface area (Å²) in [4.78, 5) is 0. The molecule has 0 rings (SSSR count). The number of methoxy groups -OCH3 is 1. The number of ether oxygens (including phenoxy) is 2. The number of rotatable bonds is 6. The Morgan fingerprint density at radius 2 is 2.18 bits per heavy atom. The Balaban J connectivity index is 3.36. The van der Waals surface area contributed by atoms with Crippen molar-refractivity contribution in [2.75, 3.05) is 13.7 Å². The second-order valence-electron chi connectivity index (χ2n) is 2.64. The lowest BCUT2D eigenvalue weighted by atomic mass is 10.2. The van der Waals surface area contributed by atoms with Crippen LogP contribution in [0.15, 0.2) is 12.3 Å². The van der Waals surface area contributed by atoms with Gasteiger partial charge in [-0.1, -0.05) is 13.5 Å². The van der Waals surface area contributed by atoms with Gasteiger partial charge >= 0.3 is 0 Å². The maximum atomic E-state index is 5.29. The maximum Gasteiger partial charge on any atom is 0.0913 e. The van der Waals surface area contributed by atoms with Crippen LogP contribution in [0.25, 0.3) is 0 Å². The van der Waals surface area contributed by atoms with Crippen LogP contribution in [0, 0.1) is 0 Å². The quantitative estimate of drug-likeness (QED) is 0.552. The Hall–Kier alpha value is -0.500. The van der Waals surface area contributed by atoms with Crippen molar-refractivity contribution in [3.8, 4) is 0 Å². The van der Waals surface area contributed by atoms with E-state index >= 15 is 0 Å². The van der Waals surface area contributed by atoms with Gasteiger partial charge in [0.05, 0.1) is 18.5 Å². The first-order valence-corrected chi connectivity index (χ1v) is 4.04. The Morgan fingerprint density at radius 3 is 2.64 bits per heavy atom. The highest BCUT2D eigenvalue weighted by atomic mass is 16.5. The van der Waals surface area contributed by atoms with Crippen molar-refractivity contribution in [2.45, 2.75) is 32.8 Å². The molecule has 0 saturated heterocycles. The van der Waals surface area contributed by atoms with Crippen molar-refractivity contribution in [3.63, 3.8) is 0 Å². The summed E-state index contributed by atoms with van der Waals surface area (Å²) in [6, 6.07) is 0. The summed E-state index contributed by atoms with van der Waals surface area (Å²) in [6.07, 6.45) is 2.02. The highest BCUT2D eigenvalue weighted by Gasteiger charge is 2.02. The first-order valence-electron chi connectivity index (χ1n) is 4.04. The van der Waals surface area contributed by atoms with Crippen LogP contribution in [-0.4, -0.2) is 19.8 Å². The zero-order valence-corrected chi connectivity index (χ0v) is 7.72. The predicted octanol–water partition coefficient (Wildman–Crippen LogP) is 2.35. The average Bonchev–Trinajstić information content (AvgIpc) is 2.00. The van der Waals surface area contributed by atoms with E-state index in [-0.39, 0.29) is 6.10 Å². The molecular weight excluding hydrogens is 140 g/mol. The van der Waals surface area contributed by atoms with Gasteiger partial charge in [0.15, 0.2) is 0 Å². The molecule has 0 radical (unpaired) electrons. The van der Waals surface area contributed by atoms with Gasteiger partial charge in [-0.05, 0) is 13.3 Å². The summed E-state index contributed by atoms with van der Waals surface area (Å²) in [5, 5.41) is 0. The van der Waals surface area contributed by atoms with Crippen LogP contribution in [0.1, 0.15) is 26.7 Å². The smallest absolute Gasteiger partial charge is 0.0913 e. The molecule has 0 aromatic rings. The summed E-state index contributed by atoms with van der Waals surface area (Å²) in [5.41, 5.74) is 0. The van der Waals surface area contributed by atoms with Gasteiger partial charge in [-0.15, -0.1) is 0 Å². The molecule has 0 amide bonds. The summed E-state index contributed by atoms with van der Waals surface area (Å²) < 4.78 is 10.3. The lowest BCUT2D eigenvalue weighted by Gasteiger charge is -2.12. The first kappa shape index (κ1) is 10.5. The van der Waals surface area contributed by atoms with Gasteiger partial charge in [-0.25, -0.2) is 0 Å². The minimum Gasteiger partial charge on any atom is -0.498 e. The van der Waals surface area contributed by atoms with E-state index in [9.17, 15) is 0 Å². The third-order valence-electron chi connectivity index (χ3n) is 1.43. The van der Waals surface area contributed by atoms with Crippen molar-refractivity contribution in [1.29, 1.82) is 0 Å². The molecule has 0 aliphatic rings. The molecule has 1 unspecified atom stereocenters. The monoisotopic (exact) mass is 158 g/mol. The van der Waals surface area contributed by atoms with Crippen molar-refractivity contribution in [1.82, 2.24) is 0 Å². The molecule has 1 atom stereocenters. The molecule has 0 heterocycles. The molecule has 0 spiro atoms. The van der Waals surface area contributed by atoms with Crippen LogP contribution in [-0.2, 0) is 9.47 Å². The third-order valence-corrected chi connectivity index (χ3v) is 1.43. The lowest BCUT2D eigenvalue weighted by Crippen LogP contribution is -2.07. The summed E-state index contributed by atoms with van der Waals surface area (Å²) in [6.45, 7) is 8.61. The number of hydrogen-bond acceptors (Lipinski definition) is 2. The van der Waals surface area contributed by atoms with Gasteiger partial charge in [0.1, 0.15) is 0 Å². The summed E-state index contributed by atoms with van der Waals surface area (Å²) >= 11 is 0. The van der Waals surface area contributed by atoms with Crippen LogP contribution >= 0.6 is 0 Å². The Labute approximate surface area is 69.2 Å². The fraction of sp³-hybridized carbons (Fsp3) is 0.778. The van der Waals surface area contributed by atoms with Crippen molar-refractivity contribution >= 4 is 0 Å². The van der Waals surface area contributed by atoms with E-state index < -0.39 is 0 Å². The van der Waals surface area contributed by atoms with Crippen molar-refractivity contribution in [2.24, 2.45) is 0 Å². The van der Waals surface area contributed by atoms with Crippen LogP contribution < -0.4 is 0 Å². The van der Waals surface area contributed by atoms with Crippen molar-refractivity contribution < 1.29 is 9.47 Å². The third kappa shape index (κ3) is 5.92. The van der Waals surface area contributed by atoms with E-state index in [2.05, 4.69) is 13.5 Å². The second-order valence-corrected chi connectivity index (χ2v) is 2.64. The van der Waals surface area contributed by atoms with E-state index in [1.165, 1.54) is 0 Å². The van der Waals surface area contributed by atoms with Gasteiger partial charge in [0.2, 0.25) is 0 Å². The standard InChI is InChI=1S/C9H18O2/c1-5-6-11-9(3)7-8(2)10-4/h8H,3,5-7H2,1-2,4H3. The molecule has 66 valence electrons. The number of hydrogen-bond donors (Lipinski definition) is 0. The molecule has 0 N–H and O–H groups in total. The van der Waals surface area contributed by atoms with E-state index in [1.54, 1.807) is 7.11 Å². The molecule has 0 saturated carbocycles. The zero-order valence-electron chi connectivity index (χ0n) is 7.72. The van der Waals surface area contributed by atoms with E-state index in [0.717, 1.165) is 25.2 Å². The van der Waals surface area contributed by atoms with Gasteiger partial charge in [0, 0.05) is 13.5 Å². The van der Waals surface area contributed by atoms with E-state index in [1.807, 2.05) is 6.92 Å². The van der Waals surface area contributed by atoms with Gasteiger partial charge in [0.25, 0.3) is 0 Å². The van der Waals surface area contributed by atoms with Gasteiger partial charge in [-0.3, -0.25) is 0 Å². The molecule has 0 fully saturated rings. The Kier molecular flexibility index (Phi) is 5.94. The summed E-state index contributed by atoms with van der Waals surface area (Å²) in [7, 11) is 1.69. The minimum atomic E-state index is 0.208. The van der Waals surface area contributed by atoms with Crippen LogP contribution in [0.3, 0.4) is 0 Å². The SMILES string of the molecule is C=C(CC(C)OC)OCCC. The van der Waals surface area contributed by atoms with E-state index in [4.69, 9.17) is 9.47 Å². The van der Waals surface area contributed by atoms with Crippen molar-refractivity contribution in [3.05, 3.63) is 12.3 Å². The first-order chi connectivity index (χ1) is 5.20. The van der Waals surface area contributed by atoms with Gasteiger partial charge < -0.3 is 9.47 Å². The summed E-state index contributed by atoms with van der Waals surface area (Å²) in [5.74, 6) is 0.821. The maximum absolute atomic E-state index is 5.29. The topological polar surface area (TPSA) is 18.5 Å². The van der Waals surface area contributed by atoms with Crippen LogP contribution in [0.5, 0.6) is 0 Å². The fourth-order valence-corrected chi connectivity index (χ4v) is 0.709. The average molecular weight is 158 g/mol. The second kappa shape index (κ2) is 6.23.